The Labute approximate surface area is 98.8 Å². The number of halogens is 1. The zero-order valence-corrected chi connectivity index (χ0v) is 9.28. The molecule has 0 heterocycles. The van der Waals surface area contributed by atoms with Crippen LogP contribution in [-0.4, -0.2) is 6.02 Å². The summed E-state index contributed by atoms with van der Waals surface area (Å²) < 4.78 is 31.0. The molecule has 2 N–H and O–H groups in total. The van der Waals surface area contributed by atoms with Crippen LogP contribution >= 0.6 is 12.4 Å². The fourth-order valence-corrected chi connectivity index (χ4v) is 4.44. The summed E-state index contributed by atoms with van der Waals surface area (Å²) >= 11 is 0. The molecule has 14 heavy (non-hydrogen) atoms. The Balaban J connectivity index is 0.00000120. The van der Waals surface area contributed by atoms with Gasteiger partial charge in [-0.25, -0.2) is 0 Å². The Morgan fingerprint density at radius 1 is 1.21 bits per heavy atom. The van der Waals surface area contributed by atoms with Gasteiger partial charge in [-0.1, -0.05) is 0 Å². The summed E-state index contributed by atoms with van der Waals surface area (Å²) in [5, 5.41) is 0. The van der Waals surface area contributed by atoms with E-state index in [1.54, 1.807) is 0 Å². The quantitative estimate of drug-likeness (QED) is 0.721. The third kappa shape index (κ3) is 1.40. The molecule has 1 atom stereocenters. The maximum Gasteiger partial charge on any atom is 0.0465 e. The highest BCUT2D eigenvalue weighted by Gasteiger charge is 2.52. The molecule has 4 rings (SSSR count). The van der Waals surface area contributed by atoms with Gasteiger partial charge < -0.3 is 5.73 Å². The van der Waals surface area contributed by atoms with Crippen molar-refractivity contribution in [1.29, 1.82) is 0 Å². The summed E-state index contributed by atoms with van der Waals surface area (Å²) in [6, 6.07) is -1.75. The lowest BCUT2D eigenvalue weighted by atomic mass is 9.48. The number of rotatable bonds is 1. The number of hydrogen-bond donors (Lipinski definition) is 1. The molecule has 82 valence electrons. The second kappa shape index (κ2) is 3.38. The highest BCUT2D eigenvalue weighted by Crippen LogP contribution is 2.60. The molecule has 0 spiro atoms. The molecule has 4 fully saturated rings. The highest BCUT2D eigenvalue weighted by molar-refractivity contribution is 5.85. The molecule has 0 aliphatic heterocycles. The van der Waals surface area contributed by atoms with E-state index in [2.05, 4.69) is 0 Å². The number of nitrogens with two attached hydrogens (primary N) is 1. The van der Waals surface area contributed by atoms with Crippen molar-refractivity contribution in [3.8, 4) is 0 Å². The molecule has 1 nitrogen and oxygen atoms in total. The van der Waals surface area contributed by atoms with Crippen molar-refractivity contribution in [3.63, 3.8) is 0 Å². The topological polar surface area (TPSA) is 26.0 Å². The Morgan fingerprint density at radius 2 is 1.64 bits per heavy atom. The Bertz CT molecular complexity index is 304. The van der Waals surface area contributed by atoms with Crippen molar-refractivity contribution in [3.05, 3.63) is 0 Å². The predicted molar refractivity (Wildman–Crippen MR) is 61.5 cm³/mol. The molecule has 4 aliphatic carbocycles. The van der Waals surface area contributed by atoms with Crippen molar-refractivity contribution in [1.82, 2.24) is 0 Å². The summed E-state index contributed by atoms with van der Waals surface area (Å²) in [7, 11) is 0. The van der Waals surface area contributed by atoms with E-state index in [9.17, 15) is 0 Å². The Kier molecular flexibility index (Phi) is 1.63. The normalized spacial score (nSPS) is 58.8. The molecule has 0 radical (unpaired) electrons. The number of hydrogen-bond acceptors (Lipinski definition) is 1. The molecule has 0 aromatic rings. The highest BCUT2D eigenvalue weighted by atomic mass is 35.5. The van der Waals surface area contributed by atoms with Gasteiger partial charge in [0.25, 0.3) is 0 Å². The SMILES string of the molecule is Cl.[2H]C([2H])([2H])C([2H])(N)C12CC3CC(CC(C3)C1)C2. The minimum Gasteiger partial charge on any atom is -0.327 e. The van der Waals surface area contributed by atoms with E-state index in [1.165, 1.54) is 19.3 Å². The van der Waals surface area contributed by atoms with Gasteiger partial charge in [0.05, 0.1) is 0 Å². The van der Waals surface area contributed by atoms with Crippen LogP contribution in [0.2, 0.25) is 0 Å². The average Bonchev–Trinajstić information content (AvgIpc) is 2.12. The minimum atomic E-state index is -2.36. The predicted octanol–water partition coefficient (Wildman–Crippen LogP) is 2.97. The zero-order chi connectivity index (χ0) is 12.5. The van der Waals surface area contributed by atoms with Gasteiger partial charge in [0.15, 0.2) is 0 Å². The van der Waals surface area contributed by atoms with Crippen molar-refractivity contribution < 1.29 is 5.48 Å². The molecule has 4 bridgehead atoms. The molecule has 4 saturated carbocycles. The van der Waals surface area contributed by atoms with E-state index >= 15 is 0 Å². The lowest BCUT2D eigenvalue weighted by Crippen LogP contribution is -2.53. The summed E-state index contributed by atoms with van der Waals surface area (Å²) in [5.41, 5.74) is 5.56. The lowest BCUT2D eigenvalue weighted by molar-refractivity contribution is -0.0637. The third-order valence-corrected chi connectivity index (χ3v) is 4.61. The van der Waals surface area contributed by atoms with Crippen LogP contribution in [0, 0.1) is 23.2 Å². The molecule has 4 aliphatic rings. The lowest BCUT2D eigenvalue weighted by Gasteiger charge is -2.58. The summed E-state index contributed by atoms with van der Waals surface area (Å²) in [6.45, 7) is -2.36. The van der Waals surface area contributed by atoms with Gasteiger partial charge in [-0.3, -0.25) is 0 Å². The van der Waals surface area contributed by atoms with E-state index < -0.39 is 18.3 Å². The van der Waals surface area contributed by atoms with Crippen molar-refractivity contribution in [2.45, 2.75) is 51.4 Å². The molecule has 1 unspecified atom stereocenters. The van der Waals surface area contributed by atoms with Gasteiger partial charge in [0, 0.05) is 11.5 Å². The fourth-order valence-electron chi connectivity index (χ4n) is 4.44. The summed E-state index contributed by atoms with van der Waals surface area (Å²) in [6.07, 6.45) is 6.36. The average molecular weight is 220 g/mol. The van der Waals surface area contributed by atoms with Crippen molar-refractivity contribution >= 4 is 12.4 Å². The summed E-state index contributed by atoms with van der Waals surface area (Å²) in [5.74, 6) is 1.91. The van der Waals surface area contributed by atoms with Gasteiger partial charge in [0.2, 0.25) is 0 Å². The molecule has 0 amide bonds. The third-order valence-electron chi connectivity index (χ3n) is 4.61. The second-order valence-electron chi connectivity index (χ2n) is 5.61. The van der Waals surface area contributed by atoms with E-state index in [4.69, 9.17) is 11.2 Å². The van der Waals surface area contributed by atoms with E-state index in [1.807, 2.05) is 0 Å². The van der Waals surface area contributed by atoms with Gasteiger partial charge in [-0.15, -0.1) is 12.4 Å². The monoisotopic (exact) mass is 219 g/mol. The Morgan fingerprint density at radius 3 is 2.00 bits per heavy atom. The molecule has 0 saturated heterocycles. The van der Waals surface area contributed by atoms with Crippen LogP contribution in [0.15, 0.2) is 0 Å². The first-order valence-corrected chi connectivity index (χ1v) is 5.52. The fraction of sp³-hybridized carbons (Fsp3) is 1.00. The van der Waals surface area contributed by atoms with Crippen LogP contribution < -0.4 is 5.73 Å². The first-order valence-electron chi connectivity index (χ1n) is 7.52. The molecule has 0 aromatic carbocycles. The van der Waals surface area contributed by atoms with E-state index in [0.29, 0.717) is 17.8 Å². The van der Waals surface area contributed by atoms with Crippen LogP contribution in [0.3, 0.4) is 0 Å². The molecular formula is C12H22ClN. The minimum absolute atomic E-state index is 0. The maximum atomic E-state index is 8.27. The molecule has 2 heteroatoms. The first kappa shape index (κ1) is 6.75. The van der Waals surface area contributed by atoms with E-state index in [-0.39, 0.29) is 12.4 Å². The Hall–Kier alpha value is 0.250. The van der Waals surface area contributed by atoms with Gasteiger partial charge in [-0.2, -0.15) is 0 Å². The second-order valence-corrected chi connectivity index (χ2v) is 5.61. The largest absolute Gasteiger partial charge is 0.327 e. The smallest absolute Gasteiger partial charge is 0.0465 e. The van der Waals surface area contributed by atoms with Crippen molar-refractivity contribution in [2.75, 3.05) is 0 Å². The molecule has 0 aromatic heterocycles. The standard InChI is InChI=1S/C12H21N.ClH/c1-8(13)12-5-9-2-10(6-12)4-11(3-9)7-12;/h8-11H,2-7,13H2,1H3;1H/i1D3,8D;. The van der Waals surface area contributed by atoms with Crippen LogP contribution in [0.5, 0.6) is 0 Å². The van der Waals surface area contributed by atoms with E-state index in [0.717, 1.165) is 19.3 Å². The first-order chi connectivity index (χ1) is 7.73. The van der Waals surface area contributed by atoms with Crippen LogP contribution in [0.4, 0.5) is 0 Å². The van der Waals surface area contributed by atoms with Crippen LogP contribution in [-0.2, 0) is 0 Å². The van der Waals surface area contributed by atoms with Gasteiger partial charge in [-0.05, 0) is 68.5 Å². The zero-order valence-electron chi connectivity index (χ0n) is 12.5. The van der Waals surface area contributed by atoms with Gasteiger partial charge >= 0.3 is 0 Å². The van der Waals surface area contributed by atoms with Crippen LogP contribution in [0.1, 0.15) is 50.9 Å². The van der Waals surface area contributed by atoms with Crippen LogP contribution in [0.25, 0.3) is 0 Å². The molecular weight excluding hydrogens is 194 g/mol. The van der Waals surface area contributed by atoms with Gasteiger partial charge in [0.1, 0.15) is 0 Å². The van der Waals surface area contributed by atoms with Crippen molar-refractivity contribution in [2.24, 2.45) is 28.9 Å². The summed E-state index contributed by atoms with van der Waals surface area (Å²) in [4.78, 5) is 0. The maximum absolute atomic E-state index is 8.27.